The van der Waals surface area contributed by atoms with Crippen LogP contribution in [0.25, 0.3) is 5.69 Å². The summed E-state index contributed by atoms with van der Waals surface area (Å²) >= 11 is 0. The van der Waals surface area contributed by atoms with Gasteiger partial charge in [0, 0.05) is 24.3 Å². The number of nitrogens with one attached hydrogen (secondary N) is 1. The predicted molar refractivity (Wildman–Crippen MR) is 122 cm³/mol. The van der Waals surface area contributed by atoms with Crippen LogP contribution in [-0.4, -0.2) is 39.6 Å². The molecule has 2 heterocycles. The minimum absolute atomic E-state index is 0.0435. The molecule has 1 N–H and O–H groups in total. The molecule has 1 aliphatic rings. The van der Waals surface area contributed by atoms with Gasteiger partial charge in [-0.2, -0.15) is 5.10 Å². The van der Waals surface area contributed by atoms with Gasteiger partial charge < -0.3 is 10.2 Å². The van der Waals surface area contributed by atoms with E-state index in [1.807, 2.05) is 37.8 Å². The van der Waals surface area contributed by atoms with Crippen LogP contribution in [0.2, 0.25) is 0 Å². The van der Waals surface area contributed by atoms with Crippen LogP contribution in [0.5, 0.6) is 0 Å². The van der Waals surface area contributed by atoms with E-state index in [0.717, 1.165) is 54.1 Å². The molecular weight excluding hydrogens is 407 g/mol. The van der Waals surface area contributed by atoms with Crippen molar-refractivity contribution in [2.24, 2.45) is 0 Å². The van der Waals surface area contributed by atoms with Gasteiger partial charge in [-0.05, 0) is 69.5 Å². The first-order valence-corrected chi connectivity index (χ1v) is 10.8. The van der Waals surface area contributed by atoms with E-state index in [4.69, 9.17) is 0 Å². The van der Waals surface area contributed by atoms with Crippen LogP contribution < -0.4 is 5.32 Å². The van der Waals surface area contributed by atoms with Crippen molar-refractivity contribution in [1.29, 1.82) is 0 Å². The number of hydrogen-bond donors (Lipinski definition) is 1. The number of benzene rings is 2. The van der Waals surface area contributed by atoms with Crippen molar-refractivity contribution in [3.05, 3.63) is 76.4 Å². The molecule has 166 valence electrons. The molecule has 0 bridgehead atoms. The molecule has 1 aromatic heterocycles. The number of aromatic nitrogens is 2. The molecule has 2 amide bonds. The Kier molecular flexibility index (Phi) is 6.08. The Morgan fingerprint density at radius 3 is 2.41 bits per heavy atom. The number of amides is 2. The number of carbonyl (C=O) groups is 2. The second kappa shape index (κ2) is 8.94. The van der Waals surface area contributed by atoms with Crippen LogP contribution in [0, 0.1) is 26.6 Å². The monoisotopic (exact) mass is 434 g/mol. The number of likely N-dealkylation sites (tertiary alicyclic amines) is 1. The summed E-state index contributed by atoms with van der Waals surface area (Å²) in [6, 6.07) is 11.6. The maximum atomic E-state index is 13.3. The number of aryl methyl sites for hydroxylation is 2. The summed E-state index contributed by atoms with van der Waals surface area (Å²) in [5, 5.41) is 7.51. The highest BCUT2D eigenvalue weighted by Gasteiger charge is 2.24. The second-order valence-electron chi connectivity index (χ2n) is 8.26. The summed E-state index contributed by atoms with van der Waals surface area (Å²) in [5.41, 5.74) is 5.04. The Morgan fingerprint density at radius 2 is 1.72 bits per heavy atom. The van der Waals surface area contributed by atoms with Gasteiger partial charge in [0.1, 0.15) is 5.82 Å². The first kappa shape index (κ1) is 21.7. The van der Waals surface area contributed by atoms with Gasteiger partial charge in [0.15, 0.2) is 0 Å². The first-order valence-electron chi connectivity index (χ1n) is 10.8. The van der Waals surface area contributed by atoms with Crippen LogP contribution in [0.4, 0.5) is 10.1 Å². The lowest BCUT2D eigenvalue weighted by Gasteiger charge is -2.19. The largest absolute Gasteiger partial charge is 0.339 e. The molecule has 0 spiro atoms. The molecule has 0 atom stereocenters. The topological polar surface area (TPSA) is 67.2 Å². The van der Waals surface area contributed by atoms with Crippen molar-refractivity contribution in [2.75, 3.05) is 18.4 Å². The number of nitrogens with zero attached hydrogens (tertiary/aromatic N) is 3. The van der Waals surface area contributed by atoms with Crippen molar-refractivity contribution < 1.29 is 14.0 Å². The number of anilines is 1. The molecule has 6 nitrogen and oxygen atoms in total. The van der Waals surface area contributed by atoms with E-state index in [2.05, 4.69) is 10.4 Å². The lowest BCUT2D eigenvalue weighted by Crippen LogP contribution is -2.29. The molecule has 4 rings (SSSR count). The average Bonchev–Trinajstić information content (AvgIpc) is 3.40. The molecule has 1 saturated heterocycles. The van der Waals surface area contributed by atoms with E-state index in [9.17, 15) is 14.0 Å². The second-order valence-corrected chi connectivity index (χ2v) is 8.26. The summed E-state index contributed by atoms with van der Waals surface area (Å²) in [7, 11) is 0. The molecule has 7 heteroatoms. The van der Waals surface area contributed by atoms with E-state index in [1.165, 1.54) is 12.1 Å². The quantitative estimate of drug-likeness (QED) is 0.649. The molecule has 0 unspecified atom stereocenters. The molecule has 0 saturated carbocycles. The van der Waals surface area contributed by atoms with Gasteiger partial charge in [-0.3, -0.25) is 9.59 Å². The number of para-hydroxylation sites is 1. The zero-order valence-corrected chi connectivity index (χ0v) is 18.6. The van der Waals surface area contributed by atoms with E-state index >= 15 is 0 Å². The van der Waals surface area contributed by atoms with Crippen molar-refractivity contribution in [3.8, 4) is 5.69 Å². The summed E-state index contributed by atoms with van der Waals surface area (Å²) in [5.74, 6) is -0.565. The van der Waals surface area contributed by atoms with Crippen LogP contribution >= 0.6 is 0 Å². The van der Waals surface area contributed by atoms with E-state index in [1.54, 1.807) is 22.9 Å². The molecule has 3 aromatic rings. The third-order valence-corrected chi connectivity index (χ3v) is 6.01. The summed E-state index contributed by atoms with van der Waals surface area (Å²) in [4.78, 5) is 27.8. The summed E-state index contributed by atoms with van der Waals surface area (Å²) in [6.07, 6.45) is 2.15. The maximum absolute atomic E-state index is 13.3. The van der Waals surface area contributed by atoms with Gasteiger partial charge in [0.25, 0.3) is 5.91 Å². The lowest BCUT2D eigenvalue weighted by atomic mass is 10.1. The number of halogens is 1. The maximum Gasteiger partial charge on any atom is 0.255 e. The highest BCUT2D eigenvalue weighted by molar-refractivity contribution is 6.05. The predicted octanol–water partition coefficient (Wildman–Crippen LogP) is 4.35. The fraction of sp³-hybridized carbons (Fsp3) is 0.320. The van der Waals surface area contributed by atoms with E-state index in [-0.39, 0.29) is 24.1 Å². The van der Waals surface area contributed by atoms with E-state index < -0.39 is 0 Å². The zero-order valence-electron chi connectivity index (χ0n) is 18.6. The van der Waals surface area contributed by atoms with Crippen LogP contribution in [0.1, 0.15) is 45.7 Å². The molecule has 0 aliphatic carbocycles. The molecule has 2 aromatic carbocycles. The number of rotatable bonds is 5. The lowest BCUT2D eigenvalue weighted by molar-refractivity contribution is -0.115. The highest BCUT2D eigenvalue weighted by atomic mass is 19.1. The molecule has 32 heavy (non-hydrogen) atoms. The summed E-state index contributed by atoms with van der Waals surface area (Å²) in [6.45, 7) is 7.13. The molecule has 0 radical (unpaired) electrons. The van der Waals surface area contributed by atoms with Crippen molar-refractivity contribution in [1.82, 2.24) is 14.7 Å². The molecule has 1 fully saturated rings. The zero-order chi connectivity index (χ0) is 22.8. The normalized spacial score (nSPS) is 13.4. The first-order chi connectivity index (χ1) is 15.3. The smallest absolute Gasteiger partial charge is 0.255 e. The minimum atomic E-state index is -0.313. The average molecular weight is 435 g/mol. The van der Waals surface area contributed by atoms with Crippen LogP contribution in [0.15, 0.2) is 42.5 Å². The van der Waals surface area contributed by atoms with Crippen molar-refractivity contribution in [3.63, 3.8) is 0 Å². The number of carbonyl (C=O) groups excluding carboxylic acids is 2. The Bertz CT molecular complexity index is 1160. The highest BCUT2D eigenvalue weighted by Crippen LogP contribution is 2.25. The fourth-order valence-corrected chi connectivity index (χ4v) is 4.21. The Balaban J connectivity index is 1.56. The SMILES string of the molecule is Cc1cccc(C(=O)N2CCCC2)c1NC(=O)Cc1c(C)nn(-c2ccc(F)cc2)c1C. The summed E-state index contributed by atoms with van der Waals surface area (Å²) < 4.78 is 15.0. The van der Waals surface area contributed by atoms with Gasteiger partial charge in [-0.15, -0.1) is 0 Å². The Labute approximate surface area is 187 Å². The van der Waals surface area contributed by atoms with E-state index in [0.29, 0.717) is 11.3 Å². The van der Waals surface area contributed by atoms with Crippen LogP contribution in [-0.2, 0) is 11.2 Å². The molecule has 1 aliphatic heterocycles. The standard InChI is InChI=1S/C25H27FN4O2/c1-16-7-6-8-21(25(32)29-13-4-5-14-29)24(16)27-23(31)15-22-17(2)28-30(18(22)3)20-11-9-19(26)10-12-20/h6-12H,4-5,13-15H2,1-3H3,(H,27,31). The van der Waals surface area contributed by atoms with Gasteiger partial charge in [0.05, 0.1) is 29.1 Å². The van der Waals surface area contributed by atoms with Crippen LogP contribution in [0.3, 0.4) is 0 Å². The van der Waals surface area contributed by atoms with Gasteiger partial charge >= 0.3 is 0 Å². The van der Waals surface area contributed by atoms with Gasteiger partial charge in [-0.25, -0.2) is 9.07 Å². The Morgan fingerprint density at radius 1 is 1.03 bits per heavy atom. The fourth-order valence-electron chi connectivity index (χ4n) is 4.21. The Hall–Kier alpha value is -3.48. The molecular formula is C25H27FN4O2. The third-order valence-electron chi connectivity index (χ3n) is 6.01. The van der Waals surface area contributed by atoms with Gasteiger partial charge in [0.2, 0.25) is 5.91 Å². The van der Waals surface area contributed by atoms with Gasteiger partial charge in [-0.1, -0.05) is 12.1 Å². The van der Waals surface area contributed by atoms with Crippen molar-refractivity contribution >= 4 is 17.5 Å². The number of hydrogen-bond acceptors (Lipinski definition) is 3. The van der Waals surface area contributed by atoms with Crippen molar-refractivity contribution in [2.45, 2.75) is 40.0 Å². The minimum Gasteiger partial charge on any atom is -0.339 e. The third kappa shape index (κ3) is 4.28.